The third kappa shape index (κ3) is 7.56. The highest BCUT2D eigenvalue weighted by molar-refractivity contribution is 5.77. The van der Waals surface area contributed by atoms with Crippen LogP contribution in [-0.4, -0.2) is 31.6 Å². The number of carbonyl (C=O) groups excluding carboxylic acids is 1. The lowest BCUT2D eigenvalue weighted by molar-refractivity contribution is 0.0458. The standard InChI is InChI=1S/C33H42N6O2/c1-31(2,3)26(34)28-36-23-17-14-21(18-24(23)37-28)11-10-20-12-15-22(16-13-20)25-19-35-29(38-25)27(32(4,5)6)39-30(40)41-33(7,8)9/h12-19,26-27H,34H2,1-9H3,(H,35,38)(H,36,37)(H,39,40)/t26-,27-/m1/s1. The molecule has 2 heterocycles. The summed E-state index contributed by atoms with van der Waals surface area (Å²) in [4.78, 5) is 28.5. The summed E-state index contributed by atoms with van der Waals surface area (Å²) in [6, 6.07) is 13.4. The van der Waals surface area contributed by atoms with E-state index >= 15 is 0 Å². The third-order valence-corrected chi connectivity index (χ3v) is 6.67. The molecule has 2 aromatic carbocycles. The number of carbonyl (C=O) groups is 1. The van der Waals surface area contributed by atoms with E-state index in [4.69, 9.17) is 10.5 Å². The predicted molar refractivity (Wildman–Crippen MR) is 164 cm³/mol. The van der Waals surface area contributed by atoms with Gasteiger partial charge in [-0.2, -0.15) is 0 Å². The summed E-state index contributed by atoms with van der Waals surface area (Å²) >= 11 is 0. The Hall–Kier alpha value is -4.09. The quantitative estimate of drug-likeness (QED) is 0.202. The predicted octanol–water partition coefficient (Wildman–Crippen LogP) is 7.01. The Morgan fingerprint density at radius 1 is 0.878 bits per heavy atom. The monoisotopic (exact) mass is 554 g/mol. The summed E-state index contributed by atoms with van der Waals surface area (Å²) in [7, 11) is 0. The Labute approximate surface area is 242 Å². The number of nitrogens with zero attached hydrogens (tertiary/aromatic N) is 2. The molecule has 4 rings (SSSR count). The van der Waals surface area contributed by atoms with Gasteiger partial charge in [-0.1, -0.05) is 65.5 Å². The minimum absolute atomic E-state index is 0.0916. The van der Waals surface area contributed by atoms with Gasteiger partial charge in [0.1, 0.15) is 17.2 Å². The topological polar surface area (TPSA) is 122 Å². The van der Waals surface area contributed by atoms with E-state index < -0.39 is 11.7 Å². The number of rotatable bonds is 4. The molecule has 0 unspecified atom stereocenters. The van der Waals surface area contributed by atoms with Crippen LogP contribution in [0.15, 0.2) is 48.7 Å². The number of alkyl carbamates (subject to hydrolysis) is 1. The second kappa shape index (κ2) is 11.1. The van der Waals surface area contributed by atoms with Gasteiger partial charge >= 0.3 is 6.09 Å². The first-order chi connectivity index (χ1) is 19.0. The minimum Gasteiger partial charge on any atom is -0.444 e. The first kappa shape index (κ1) is 29.9. The molecule has 0 radical (unpaired) electrons. The van der Waals surface area contributed by atoms with Gasteiger partial charge < -0.3 is 25.8 Å². The lowest BCUT2D eigenvalue weighted by Crippen LogP contribution is -2.40. The van der Waals surface area contributed by atoms with E-state index in [9.17, 15) is 4.79 Å². The number of amides is 1. The van der Waals surface area contributed by atoms with Crippen LogP contribution in [0.2, 0.25) is 0 Å². The minimum atomic E-state index is -0.582. The largest absolute Gasteiger partial charge is 0.444 e. The van der Waals surface area contributed by atoms with Gasteiger partial charge in [-0.3, -0.25) is 0 Å². The van der Waals surface area contributed by atoms with E-state index in [2.05, 4.69) is 78.6 Å². The highest BCUT2D eigenvalue weighted by Gasteiger charge is 2.32. The van der Waals surface area contributed by atoms with Crippen molar-refractivity contribution in [1.29, 1.82) is 0 Å². The number of nitrogens with one attached hydrogen (secondary N) is 3. The van der Waals surface area contributed by atoms with Crippen LogP contribution < -0.4 is 11.1 Å². The van der Waals surface area contributed by atoms with Crippen LogP contribution in [0.3, 0.4) is 0 Å². The second-order valence-electron chi connectivity index (χ2n) is 13.7. The number of imidazole rings is 2. The van der Waals surface area contributed by atoms with Crippen molar-refractivity contribution in [3.8, 4) is 23.1 Å². The van der Waals surface area contributed by atoms with Crippen molar-refractivity contribution in [2.75, 3.05) is 0 Å². The molecule has 41 heavy (non-hydrogen) atoms. The molecule has 8 heteroatoms. The smallest absolute Gasteiger partial charge is 0.408 e. The van der Waals surface area contributed by atoms with Crippen LogP contribution in [0.25, 0.3) is 22.3 Å². The van der Waals surface area contributed by atoms with Crippen LogP contribution in [-0.2, 0) is 4.74 Å². The maximum atomic E-state index is 12.5. The average molecular weight is 555 g/mol. The van der Waals surface area contributed by atoms with Crippen molar-refractivity contribution < 1.29 is 9.53 Å². The molecule has 0 saturated carbocycles. The Morgan fingerprint density at radius 3 is 2.12 bits per heavy atom. The van der Waals surface area contributed by atoms with Gasteiger partial charge in [0.25, 0.3) is 0 Å². The second-order valence-corrected chi connectivity index (χ2v) is 13.7. The summed E-state index contributed by atoms with van der Waals surface area (Å²) < 4.78 is 5.47. The van der Waals surface area contributed by atoms with Crippen molar-refractivity contribution in [1.82, 2.24) is 25.3 Å². The van der Waals surface area contributed by atoms with E-state index in [1.54, 1.807) is 6.20 Å². The molecule has 4 aromatic rings. The van der Waals surface area contributed by atoms with Gasteiger partial charge in [0.05, 0.1) is 35.0 Å². The molecule has 0 aliphatic rings. The molecule has 1 amide bonds. The molecule has 2 atom stereocenters. The Balaban J connectivity index is 1.49. The number of benzene rings is 2. The van der Waals surface area contributed by atoms with E-state index in [0.717, 1.165) is 39.2 Å². The van der Waals surface area contributed by atoms with Crippen molar-refractivity contribution in [3.05, 3.63) is 71.4 Å². The number of H-pyrrole nitrogens is 2. The van der Waals surface area contributed by atoms with Crippen LogP contribution in [0.5, 0.6) is 0 Å². The molecule has 5 N–H and O–H groups in total. The zero-order valence-electron chi connectivity index (χ0n) is 25.6. The van der Waals surface area contributed by atoms with Crippen LogP contribution >= 0.6 is 0 Å². The molecular formula is C33H42N6O2. The van der Waals surface area contributed by atoms with E-state index in [-0.39, 0.29) is 22.9 Å². The molecule has 216 valence electrons. The molecule has 0 aliphatic carbocycles. The normalized spacial score (nSPS) is 13.8. The summed E-state index contributed by atoms with van der Waals surface area (Å²) in [5.74, 6) is 7.95. The maximum absolute atomic E-state index is 12.5. The van der Waals surface area contributed by atoms with Gasteiger partial charge in [-0.15, -0.1) is 0 Å². The molecule has 0 aliphatic heterocycles. The van der Waals surface area contributed by atoms with Crippen molar-refractivity contribution >= 4 is 17.1 Å². The fraction of sp³-hybridized carbons (Fsp3) is 0.424. The number of ether oxygens (including phenoxy) is 1. The average Bonchev–Trinajstić information content (AvgIpc) is 3.50. The lowest BCUT2D eigenvalue weighted by atomic mass is 9.86. The number of hydrogen-bond acceptors (Lipinski definition) is 5. The molecule has 0 saturated heterocycles. The summed E-state index contributed by atoms with van der Waals surface area (Å²) in [5.41, 5.74) is 10.8. The number of aromatic amines is 2. The zero-order chi connectivity index (χ0) is 30.2. The molecule has 8 nitrogen and oxygen atoms in total. The maximum Gasteiger partial charge on any atom is 0.408 e. The van der Waals surface area contributed by atoms with Crippen LogP contribution in [0.4, 0.5) is 4.79 Å². The van der Waals surface area contributed by atoms with Gasteiger partial charge in [0.2, 0.25) is 0 Å². The molecule has 0 spiro atoms. The zero-order valence-corrected chi connectivity index (χ0v) is 25.6. The third-order valence-electron chi connectivity index (χ3n) is 6.67. The van der Waals surface area contributed by atoms with Crippen molar-refractivity contribution in [3.63, 3.8) is 0 Å². The van der Waals surface area contributed by atoms with Gasteiger partial charge in [0, 0.05) is 11.1 Å². The number of hydrogen-bond donors (Lipinski definition) is 4. The molecule has 0 bridgehead atoms. The van der Waals surface area contributed by atoms with Gasteiger partial charge in [-0.05, 0) is 67.5 Å². The number of fused-ring (bicyclic) bond motifs is 1. The van der Waals surface area contributed by atoms with E-state index in [1.165, 1.54) is 0 Å². The van der Waals surface area contributed by atoms with Crippen molar-refractivity contribution in [2.24, 2.45) is 16.6 Å². The Bertz CT molecular complexity index is 1580. The highest BCUT2D eigenvalue weighted by atomic mass is 16.6. The Kier molecular flexibility index (Phi) is 8.06. The molecule has 0 fully saturated rings. The van der Waals surface area contributed by atoms with Crippen LogP contribution in [0.1, 0.15) is 97.2 Å². The van der Waals surface area contributed by atoms with E-state index in [0.29, 0.717) is 5.82 Å². The summed E-state index contributed by atoms with van der Waals surface area (Å²) in [5, 5.41) is 2.97. The van der Waals surface area contributed by atoms with Gasteiger partial charge in [-0.25, -0.2) is 14.8 Å². The Morgan fingerprint density at radius 2 is 1.51 bits per heavy atom. The fourth-order valence-corrected chi connectivity index (χ4v) is 4.29. The highest BCUT2D eigenvalue weighted by Crippen LogP contribution is 2.33. The van der Waals surface area contributed by atoms with Crippen LogP contribution in [0, 0.1) is 22.7 Å². The SMILES string of the molecule is CC(C)(C)OC(=O)N[C@H](c1ncc(-c2ccc(C#Cc3ccc4nc([C@@H](N)C(C)(C)C)[nH]c4c3)cc2)[nH]1)C(C)(C)C. The summed E-state index contributed by atoms with van der Waals surface area (Å²) in [6.07, 6.45) is 1.31. The van der Waals surface area contributed by atoms with Gasteiger partial charge in [0.15, 0.2) is 0 Å². The molecule has 2 aromatic heterocycles. The summed E-state index contributed by atoms with van der Waals surface area (Å²) in [6.45, 7) is 18.0. The number of nitrogens with two attached hydrogens (primary N) is 1. The number of aromatic nitrogens is 4. The fourth-order valence-electron chi connectivity index (χ4n) is 4.29. The van der Waals surface area contributed by atoms with E-state index in [1.807, 2.05) is 63.2 Å². The van der Waals surface area contributed by atoms with Crippen molar-refractivity contribution in [2.45, 2.75) is 80.0 Å². The first-order valence-electron chi connectivity index (χ1n) is 13.9. The first-order valence-corrected chi connectivity index (χ1v) is 13.9. The lowest BCUT2D eigenvalue weighted by Gasteiger charge is -2.31. The molecular weight excluding hydrogens is 512 g/mol.